The first-order chi connectivity index (χ1) is 11.8. The Labute approximate surface area is 146 Å². The molecule has 2 aromatic carbocycles. The van der Waals surface area contributed by atoms with Crippen LogP contribution in [0.2, 0.25) is 5.02 Å². The van der Waals surface area contributed by atoms with Gasteiger partial charge < -0.3 is 5.32 Å². The zero-order chi connectivity index (χ0) is 16.5. The molecule has 1 aromatic heterocycles. The second kappa shape index (κ2) is 6.29. The second-order valence-electron chi connectivity index (χ2n) is 6.09. The zero-order valence-electron chi connectivity index (χ0n) is 13.5. The third kappa shape index (κ3) is 2.67. The summed E-state index contributed by atoms with van der Waals surface area (Å²) in [6.07, 6.45) is 3.53. The van der Waals surface area contributed by atoms with Crippen molar-refractivity contribution >= 4 is 17.5 Å². The van der Waals surface area contributed by atoms with E-state index >= 15 is 0 Å². The minimum absolute atomic E-state index is 0.117. The Morgan fingerprint density at radius 1 is 1.17 bits per heavy atom. The maximum absolute atomic E-state index is 6.41. The summed E-state index contributed by atoms with van der Waals surface area (Å²) in [5.41, 5.74) is 3.69. The number of anilines is 1. The van der Waals surface area contributed by atoms with Gasteiger partial charge in [0.1, 0.15) is 6.33 Å². The first kappa shape index (κ1) is 15.2. The van der Waals surface area contributed by atoms with Crippen LogP contribution >= 0.6 is 11.6 Å². The molecule has 0 spiro atoms. The van der Waals surface area contributed by atoms with Gasteiger partial charge in [-0.2, -0.15) is 10.1 Å². The van der Waals surface area contributed by atoms with E-state index in [0.29, 0.717) is 0 Å². The third-order valence-corrected chi connectivity index (χ3v) is 5.03. The van der Waals surface area contributed by atoms with Gasteiger partial charge in [-0.05, 0) is 35.6 Å². The summed E-state index contributed by atoms with van der Waals surface area (Å²) in [5, 5.41) is 8.66. The molecule has 2 atom stereocenters. The SMILES string of the molecule is CCc1ccc(C2CC(c3ccccc3Cl)Nc3ncnn32)cc1. The van der Waals surface area contributed by atoms with Crippen LogP contribution in [0.1, 0.15) is 42.1 Å². The van der Waals surface area contributed by atoms with Crippen molar-refractivity contribution in [3.05, 3.63) is 76.6 Å². The highest BCUT2D eigenvalue weighted by Crippen LogP contribution is 2.39. The maximum Gasteiger partial charge on any atom is 0.222 e. The van der Waals surface area contributed by atoms with Crippen LogP contribution in [0, 0.1) is 0 Å². The van der Waals surface area contributed by atoms with Crippen LogP contribution < -0.4 is 5.32 Å². The summed E-state index contributed by atoms with van der Waals surface area (Å²) in [4.78, 5) is 4.37. The molecule has 5 heteroatoms. The number of fused-ring (bicyclic) bond motifs is 1. The van der Waals surface area contributed by atoms with E-state index in [4.69, 9.17) is 11.6 Å². The molecule has 0 fully saturated rings. The smallest absolute Gasteiger partial charge is 0.222 e. The van der Waals surface area contributed by atoms with Crippen molar-refractivity contribution in [3.8, 4) is 0 Å². The quantitative estimate of drug-likeness (QED) is 0.756. The molecule has 0 saturated heterocycles. The van der Waals surface area contributed by atoms with Gasteiger partial charge in [-0.25, -0.2) is 4.68 Å². The fraction of sp³-hybridized carbons (Fsp3) is 0.263. The van der Waals surface area contributed by atoms with Crippen LogP contribution in [0.3, 0.4) is 0 Å². The molecule has 2 heterocycles. The van der Waals surface area contributed by atoms with Crippen LogP contribution in [0.4, 0.5) is 5.95 Å². The van der Waals surface area contributed by atoms with Crippen molar-refractivity contribution in [1.82, 2.24) is 14.8 Å². The van der Waals surface area contributed by atoms with Gasteiger partial charge in [0.15, 0.2) is 0 Å². The lowest BCUT2D eigenvalue weighted by atomic mass is 9.93. The molecular weight excluding hydrogens is 320 g/mol. The molecule has 1 aliphatic heterocycles. The molecule has 4 nitrogen and oxygen atoms in total. The predicted octanol–water partition coefficient (Wildman–Crippen LogP) is 4.64. The summed E-state index contributed by atoms with van der Waals surface area (Å²) >= 11 is 6.41. The van der Waals surface area contributed by atoms with Crippen LogP contribution in [-0.2, 0) is 6.42 Å². The number of aryl methyl sites for hydroxylation is 1. The molecule has 122 valence electrons. The number of benzene rings is 2. The summed E-state index contributed by atoms with van der Waals surface area (Å²) in [6, 6.07) is 17.0. The summed E-state index contributed by atoms with van der Waals surface area (Å²) in [5.74, 6) is 0.788. The lowest BCUT2D eigenvalue weighted by Crippen LogP contribution is -2.28. The van der Waals surface area contributed by atoms with Crippen LogP contribution in [0.25, 0.3) is 0 Å². The van der Waals surface area contributed by atoms with Crippen LogP contribution in [-0.4, -0.2) is 14.8 Å². The highest BCUT2D eigenvalue weighted by Gasteiger charge is 2.30. The van der Waals surface area contributed by atoms with Gasteiger partial charge >= 0.3 is 0 Å². The molecule has 2 unspecified atom stereocenters. The first-order valence-electron chi connectivity index (χ1n) is 8.25. The standard InChI is InChI=1S/C19H19ClN4/c1-2-13-7-9-14(10-8-13)18-11-17(15-5-3-4-6-16(15)20)23-19-21-12-22-24(18)19/h3-10,12,17-18H,2,11H2,1H3,(H,21,22,23). The van der Waals surface area contributed by atoms with Crippen molar-refractivity contribution in [2.45, 2.75) is 31.8 Å². The molecule has 0 radical (unpaired) electrons. The zero-order valence-corrected chi connectivity index (χ0v) is 14.2. The highest BCUT2D eigenvalue weighted by molar-refractivity contribution is 6.31. The molecule has 0 bridgehead atoms. The Hall–Kier alpha value is -2.33. The van der Waals surface area contributed by atoms with Crippen molar-refractivity contribution in [2.75, 3.05) is 5.32 Å². The Balaban J connectivity index is 1.72. The van der Waals surface area contributed by atoms with Crippen LogP contribution in [0.5, 0.6) is 0 Å². The summed E-state index contributed by atoms with van der Waals surface area (Å²) in [6.45, 7) is 2.17. The van der Waals surface area contributed by atoms with E-state index in [1.807, 2.05) is 22.9 Å². The molecule has 1 aliphatic rings. The normalized spacial score (nSPS) is 19.6. The van der Waals surface area contributed by atoms with Crippen LogP contribution in [0.15, 0.2) is 54.9 Å². The summed E-state index contributed by atoms with van der Waals surface area (Å²) in [7, 11) is 0. The van der Waals surface area contributed by atoms with Crippen molar-refractivity contribution in [2.24, 2.45) is 0 Å². The van der Waals surface area contributed by atoms with E-state index in [1.165, 1.54) is 11.1 Å². The average molecular weight is 339 g/mol. The number of hydrogen-bond donors (Lipinski definition) is 1. The molecule has 0 saturated carbocycles. The third-order valence-electron chi connectivity index (χ3n) is 4.68. The predicted molar refractivity (Wildman–Crippen MR) is 96.4 cm³/mol. The number of nitrogens with one attached hydrogen (secondary N) is 1. The van der Waals surface area contributed by atoms with E-state index in [0.717, 1.165) is 29.4 Å². The Bertz CT molecular complexity index is 841. The lowest BCUT2D eigenvalue weighted by molar-refractivity contribution is 0.431. The van der Waals surface area contributed by atoms with E-state index in [-0.39, 0.29) is 12.1 Å². The Morgan fingerprint density at radius 3 is 2.71 bits per heavy atom. The second-order valence-corrected chi connectivity index (χ2v) is 6.50. The fourth-order valence-corrected chi connectivity index (χ4v) is 3.60. The van der Waals surface area contributed by atoms with Gasteiger partial charge in [-0.3, -0.25) is 0 Å². The van der Waals surface area contributed by atoms with Gasteiger partial charge in [0.25, 0.3) is 0 Å². The van der Waals surface area contributed by atoms with E-state index in [2.05, 4.69) is 52.7 Å². The summed E-state index contributed by atoms with van der Waals surface area (Å²) < 4.78 is 1.97. The van der Waals surface area contributed by atoms with E-state index in [9.17, 15) is 0 Å². The first-order valence-corrected chi connectivity index (χ1v) is 8.63. The van der Waals surface area contributed by atoms with Gasteiger partial charge in [-0.1, -0.05) is 61.0 Å². The van der Waals surface area contributed by atoms with Gasteiger partial charge in [0.05, 0.1) is 12.1 Å². The van der Waals surface area contributed by atoms with Gasteiger partial charge in [0.2, 0.25) is 5.95 Å². The van der Waals surface area contributed by atoms with Crippen molar-refractivity contribution in [1.29, 1.82) is 0 Å². The monoisotopic (exact) mass is 338 g/mol. The molecule has 4 rings (SSSR count). The minimum Gasteiger partial charge on any atom is -0.347 e. The van der Waals surface area contributed by atoms with E-state index < -0.39 is 0 Å². The number of hydrogen-bond acceptors (Lipinski definition) is 3. The Kier molecular flexibility index (Phi) is 3.98. The molecule has 24 heavy (non-hydrogen) atoms. The fourth-order valence-electron chi connectivity index (χ4n) is 3.33. The number of halogens is 1. The minimum atomic E-state index is 0.117. The average Bonchev–Trinajstić information content (AvgIpc) is 3.10. The maximum atomic E-state index is 6.41. The molecule has 1 N–H and O–H groups in total. The molecular formula is C19H19ClN4. The van der Waals surface area contributed by atoms with Gasteiger partial charge in [-0.15, -0.1) is 0 Å². The van der Waals surface area contributed by atoms with Gasteiger partial charge in [0, 0.05) is 5.02 Å². The molecule has 0 amide bonds. The number of nitrogens with zero attached hydrogens (tertiary/aromatic N) is 3. The van der Waals surface area contributed by atoms with E-state index in [1.54, 1.807) is 6.33 Å². The topological polar surface area (TPSA) is 42.7 Å². The number of rotatable bonds is 3. The Morgan fingerprint density at radius 2 is 1.96 bits per heavy atom. The molecule has 3 aromatic rings. The largest absolute Gasteiger partial charge is 0.347 e. The van der Waals surface area contributed by atoms with Crippen molar-refractivity contribution in [3.63, 3.8) is 0 Å². The highest BCUT2D eigenvalue weighted by atomic mass is 35.5. The molecule has 0 aliphatic carbocycles. The number of aromatic nitrogens is 3. The van der Waals surface area contributed by atoms with Crippen molar-refractivity contribution < 1.29 is 0 Å². The lowest BCUT2D eigenvalue weighted by Gasteiger charge is -2.32.